The van der Waals surface area contributed by atoms with Crippen molar-refractivity contribution in [3.8, 4) is 10.7 Å². The van der Waals surface area contributed by atoms with Gasteiger partial charge in [0.1, 0.15) is 0 Å². The van der Waals surface area contributed by atoms with Gasteiger partial charge in [0.25, 0.3) is 0 Å². The van der Waals surface area contributed by atoms with Crippen LogP contribution in [-0.4, -0.2) is 25.9 Å². The van der Waals surface area contributed by atoms with E-state index in [1.165, 1.54) is 11.8 Å². The molecule has 0 spiro atoms. The van der Waals surface area contributed by atoms with E-state index in [9.17, 15) is 4.79 Å². The van der Waals surface area contributed by atoms with E-state index in [2.05, 4.69) is 15.5 Å². The number of carbonyl (C=O) groups excluding carboxylic acids is 1. The van der Waals surface area contributed by atoms with Crippen LogP contribution >= 0.6 is 34.7 Å². The quantitative estimate of drug-likeness (QED) is 0.612. The van der Waals surface area contributed by atoms with Crippen molar-refractivity contribution in [2.45, 2.75) is 30.8 Å². The molecule has 0 saturated heterocycles. The molecule has 0 unspecified atom stereocenters. The fraction of sp³-hybridized carbons (Fsp3) is 0.235. The average Bonchev–Trinajstić information content (AvgIpc) is 3.25. The van der Waals surface area contributed by atoms with Crippen LogP contribution in [0.15, 0.2) is 46.9 Å². The van der Waals surface area contributed by atoms with Crippen molar-refractivity contribution in [1.82, 2.24) is 14.8 Å². The molecule has 0 saturated carbocycles. The highest BCUT2D eigenvalue weighted by Gasteiger charge is 2.20. The molecule has 0 radical (unpaired) electrons. The third kappa shape index (κ3) is 4.23. The van der Waals surface area contributed by atoms with Crippen molar-refractivity contribution in [3.63, 3.8) is 0 Å². The molecule has 1 amide bonds. The van der Waals surface area contributed by atoms with Gasteiger partial charge in [0.15, 0.2) is 11.0 Å². The van der Waals surface area contributed by atoms with Gasteiger partial charge in [-0.2, -0.15) is 0 Å². The van der Waals surface area contributed by atoms with Crippen LogP contribution in [0.25, 0.3) is 10.7 Å². The molecule has 25 heavy (non-hydrogen) atoms. The van der Waals surface area contributed by atoms with Crippen molar-refractivity contribution in [3.05, 3.63) is 46.8 Å². The summed E-state index contributed by atoms with van der Waals surface area (Å²) in [6.07, 6.45) is 0. The van der Waals surface area contributed by atoms with Gasteiger partial charge in [-0.25, -0.2) is 0 Å². The molecule has 130 valence electrons. The fourth-order valence-corrected chi connectivity index (χ4v) is 3.99. The summed E-state index contributed by atoms with van der Waals surface area (Å²) in [7, 11) is 0. The second-order valence-corrected chi connectivity index (χ2v) is 7.98. The summed E-state index contributed by atoms with van der Waals surface area (Å²) in [5.41, 5.74) is 0.720. The number of hydrogen-bond donors (Lipinski definition) is 1. The number of hydrogen-bond acceptors (Lipinski definition) is 5. The predicted octanol–water partition coefficient (Wildman–Crippen LogP) is 4.80. The maximum Gasteiger partial charge on any atom is 0.237 e. The van der Waals surface area contributed by atoms with E-state index in [0.29, 0.717) is 5.02 Å². The molecule has 1 atom stereocenters. The molecule has 8 heteroatoms. The Bertz CT molecular complexity index is 846. The number of benzene rings is 1. The molecule has 1 N–H and O–H groups in total. The van der Waals surface area contributed by atoms with Crippen molar-refractivity contribution in [1.29, 1.82) is 0 Å². The van der Waals surface area contributed by atoms with Gasteiger partial charge < -0.3 is 9.88 Å². The van der Waals surface area contributed by atoms with Gasteiger partial charge in [-0.05, 0) is 49.6 Å². The van der Waals surface area contributed by atoms with Gasteiger partial charge in [-0.1, -0.05) is 29.4 Å². The number of carbonyl (C=O) groups is 1. The fourth-order valence-electron chi connectivity index (χ4n) is 2.24. The van der Waals surface area contributed by atoms with Crippen LogP contribution in [-0.2, 0) is 11.3 Å². The van der Waals surface area contributed by atoms with Gasteiger partial charge in [0, 0.05) is 17.3 Å². The number of aromatic nitrogens is 3. The summed E-state index contributed by atoms with van der Waals surface area (Å²) in [6, 6.07) is 11.1. The standard InChI is InChI=1S/C17H17ClN4OS2/c1-3-22-15(14-5-4-10-24-14)20-21-17(22)25-11(2)16(23)19-13-8-6-12(18)7-9-13/h4-11H,3H2,1-2H3,(H,19,23)/t11-/m0/s1. The number of anilines is 1. The highest BCUT2D eigenvalue weighted by Crippen LogP contribution is 2.29. The minimum absolute atomic E-state index is 0.0874. The molecule has 0 aliphatic carbocycles. The Hall–Kier alpha value is -1.83. The topological polar surface area (TPSA) is 59.8 Å². The number of halogens is 1. The minimum atomic E-state index is -0.304. The first kappa shape index (κ1) is 18.0. The number of thioether (sulfide) groups is 1. The lowest BCUT2D eigenvalue weighted by Gasteiger charge is -2.12. The van der Waals surface area contributed by atoms with Gasteiger partial charge in [0.05, 0.1) is 10.1 Å². The Morgan fingerprint density at radius 3 is 2.72 bits per heavy atom. The molecule has 2 aromatic heterocycles. The number of rotatable bonds is 6. The molecule has 0 bridgehead atoms. The molecule has 3 rings (SSSR count). The van der Waals surface area contributed by atoms with Gasteiger partial charge >= 0.3 is 0 Å². The number of nitrogens with zero attached hydrogens (tertiary/aromatic N) is 3. The average molecular weight is 393 g/mol. The first-order valence-corrected chi connectivity index (χ1v) is 9.92. The summed E-state index contributed by atoms with van der Waals surface area (Å²) in [5, 5.41) is 14.5. The SMILES string of the molecule is CCn1c(S[C@@H](C)C(=O)Nc2ccc(Cl)cc2)nnc1-c1cccs1. The third-order valence-corrected chi connectivity index (χ3v) is 5.74. The largest absolute Gasteiger partial charge is 0.325 e. The maximum absolute atomic E-state index is 12.4. The van der Waals surface area contributed by atoms with E-state index in [4.69, 9.17) is 11.6 Å². The predicted molar refractivity (Wildman–Crippen MR) is 104 cm³/mol. The number of nitrogens with one attached hydrogen (secondary N) is 1. The van der Waals surface area contributed by atoms with Gasteiger partial charge in [-0.15, -0.1) is 21.5 Å². The minimum Gasteiger partial charge on any atom is -0.325 e. The smallest absolute Gasteiger partial charge is 0.237 e. The van der Waals surface area contributed by atoms with Crippen LogP contribution in [0.5, 0.6) is 0 Å². The molecule has 0 aliphatic heterocycles. The van der Waals surface area contributed by atoms with E-state index in [-0.39, 0.29) is 11.2 Å². The molecule has 5 nitrogen and oxygen atoms in total. The van der Waals surface area contributed by atoms with Crippen LogP contribution in [0.4, 0.5) is 5.69 Å². The van der Waals surface area contributed by atoms with Crippen molar-refractivity contribution < 1.29 is 4.79 Å². The van der Waals surface area contributed by atoms with E-state index in [0.717, 1.165) is 28.1 Å². The highest BCUT2D eigenvalue weighted by atomic mass is 35.5. The van der Waals surface area contributed by atoms with Crippen molar-refractivity contribution in [2.75, 3.05) is 5.32 Å². The normalized spacial score (nSPS) is 12.1. The van der Waals surface area contributed by atoms with Crippen LogP contribution in [0, 0.1) is 0 Å². The lowest BCUT2D eigenvalue weighted by atomic mass is 10.3. The van der Waals surface area contributed by atoms with E-state index < -0.39 is 0 Å². The third-order valence-electron chi connectivity index (χ3n) is 3.54. The summed E-state index contributed by atoms with van der Waals surface area (Å²) in [5.74, 6) is 0.751. The molecule has 0 fully saturated rings. The Labute approximate surface area is 159 Å². The van der Waals surface area contributed by atoms with Crippen LogP contribution in [0.2, 0.25) is 5.02 Å². The molecule has 0 aliphatic rings. The number of amides is 1. The Morgan fingerprint density at radius 1 is 1.32 bits per heavy atom. The van der Waals surface area contributed by atoms with E-state index in [1.54, 1.807) is 35.6 Å². The van der Waals surface area contributed by atoms with E-state index in [1.807, 2.05) is 35.9 Å². The maximum atomic E-state index is 12.4. The molecule has 1 aromatic carbocycles. The van der Waals surface area contributed by atoms with Crippen molar-refractivity contribution >= 4 is 46.3 Å². The zero-order valence-electron chi connectivity index (χ0n) is 13.8. The summed E-state index contributed by atoms with van der Waals surface area (Å²) in [6.45, 7) is 4.65. The Morgan fingerprint density at radius 2 is 2.08 bits per heavy atom. The summed E-state index contributed by atoms with van der Waals surface area (Å²) in [4.78, 5) is 13.5. The molecular formula is C17H17ClN4OS2. The first-order chi connectivity index (χ1) is 12.1. The van der Waals surface area contributed by atoms with Crippen LogP contribution < -0.4 is 5.32 Å². The van der Waals surface area contributed by atoms with Gasteiger partial charge in [-0.3, -0.25) is 4.79 Å². The van der Waals surface area contributed by atoms with E-state index >= 15 is 0 Å². The van der Waals surface area contributed by atoms with Crippen LogP contribution in [0.1, 0.15) is 13.8 Å². The Kier molecular flexibility index (Phi) is 5.78. The first-order valence-electron chi connectivity index (χ1n) is 7.78. The molecular weight excluding hydrogens is 376 g/mol. The zero-order chi connectivity index (χ0) is 17.8. The molecule has 2 heterocycles. The highest BCUT2D eigenvalue weighted by molar-refractivity contribution is 8.00. The lowest BCUT2D eigenvalue weighted by molar-refractivity contribution is -0.115. The van der Waals surface area contributed by atoms with Crippen molar-refractivity contribution in [2.24, 2.45) is 0 Å². The monoisotopic (exact) mass is 392 g/mol. The Balaban J connectivity index is 1.71. The van der Waals surface area contributed by atoms with Gasteiger partial charge in [0.2, 0.25) is 5.91 Å². The summed E-state index contributed by atoms with van der Waals surface area (Å²) < 4.78 is 2.03. The lowest BCUT2D eigenvalue weighted by Crippen LogP contribution is -2.22. The molecule has 3 aromatic rings. The summed E-state index contributed by atoms with van der Waals surface area (Å²) >= 11 is 8.89. The van der Waals surface area contributed by atoms with Crippen LogP contribution in [0.3, 0.4) is 0 Å². The second kappa shape index (κ2) is 8.03. The zero-order valence-corrected chi connectivity index (χ0v) is 16.2. The number of thiophene rings is 1. The second-order valence-electron chi connectivity index (χ2n) is 5.28.